The van der Waals surface area contributed by atoms with Gasteiger partial charge in [0.1, 0.15) is 0 Å². The highest BCUT2D eigenvalue weighted by Gasteiger charge is 2.14. The summed E-state index contributed by atoms with van der Waals surface area (Å²) in [6.45, 7) is 1.97. The molecule has 1 radical (unpaired) electrons. The summed E-state index contributed by atoms with van der Waals surface area (Å²) < 4.78 is 0. The van der Waals surface area contributed by atoms with Crippen LogP contribution < -0.4 is 5.32 Å². The highest BCUT2D eigenvalue weighted by Crippen LogP contribution is 2.23. The number of hydrogen-bond acceptors (Lipinski definition) is 2. The minimum Gasteiger partial charge on any atom is -0.321 e. The maximum atomic E-state index is 12.5. The molecule has 0 fully saturated rings. The van der Waals surface area contributed by atoms with Gasteiger partial charge in [-0.1, -0.05) is 49.4 Å². The minimum absolute atomic E-state index is 0.0645. The van der Waals surface area contributed by atoms with Crippen molar-refractivity contribution < 1.29 is 9.59 Å². The van der Waals surface area contributed by atoms with Crippen molar-refractivity contribution in [1.82, 2.24) is 0 Å². The van der Waals surface area contributed by atoms with Gasteiger partial charge in [0.25, 0.3) is 5.91 Å². The van der Waals surface area contributed by atoms with Crippen LogP contribution in [0.15, 0.2) is 60.7 Å². The van der Waals surface area contributed by atoms with E-state index in [1.54, 1.807) is 18.2 Å². The Morgan fingerprint density at radius 3 is 2.58 bits per heavy atom. The van der Waals surface area contributed by atoms with E-state index in [1.165, 1.54) is 0 Å². The number of Topliss-reactive ketones (excluding diaryl/α,β-unsaturated/α-hetero) is 1. The molecular formula is C21H18NO2. The van der Waals surface area contributed by atoms with Gasteiger partial charge in [0, 0.05) is 29.3 Å². The number of nitrogens with one attached hydrogen (secondary N) is 1. The zero-order valence-corrected chi connectivity index (χ0v) is 13.5. The normalized spacial score (nSPS) is 10.5. The molecule has 1 amide bonds. The monoisotopic (exact) mass is 316 g/mol. The zero-order chi connectivity index (χ0) is 16.9. The second kappa shape index (κ2) is 7.09. The third-order valence-electron chi connectivity index (χ3n) is 3.86. The van der Waals surface area contributed by atoms with Crippen molar-refractivity contribution in [3.63, 3.8) is 0 Å². The number of carbonyl (C=O) groups is 2. The Bertz CT molecular complexity index is 885. The minimum atomic E-state index is -0.242. The van der Waals surface area contributed by atoms with Gasteiger partial charge in [-0.15, -0.1) is 0 Å². The zero-order valence-electron chi connectivity index (χ0n) is 13.5. The second-order valence-electron chi connectivity index (χ2n) is 5.65. The van der Waals surface area contributed by atoms with Crippen LogP contribution in [0.2, 0.25) is 0 Å². The molecule has 0 saturated heterocycles. The molecule has 119 valence electrons. The first-order valence-corrected chi connectivity index (χ1v) is 8.03. The first-order chi connectivity index (χ1) is 11.7. The van der Waals surface area contributed by atoms with Crippen LogP contribution in [-0.2, 0) is 0 Å². The largest absolute Gasteiger partial charge is 0.321 e. The Morgan fingerprint density at radius 2 is 1.83 bits per heavy atom. The lowest BCUT2D eigenvalue weighted by atomic mass is 9.96. The third kappa shape index (κ3) is 3.35. The van der Waals surface area contributed by atoms with E-state index in [2.05, 4.69) is 11.4 Å². The first kappa shape index (κ1) is 15.9. The standard InChI is InChI=1S/C21H18NO2/c1-2-8-20(23)19-14-16(13-15-9-6-7-12-18(15)19)21(24)22-17-10-4-3-5-11-17/h3-7,9-10,12-14H,2,8H2,1H3,(H,22,24). The van der Waals surface area contributed by atoms with Crippen molar-refractivity contribution in [3.8, 4) is 0 Å². The van der Waals surface area contributed by atoms with Gasteiger partial charge in [-0.05, 0) is 35.4 Å². The molecule has 0 aliphatic rings. The van der Waals surface area contributed by atoms with Crippen LogP contribution in [0.4, 0.5) is 5.69 Å². The summed E-state index contributed by atoms with van der Waals surface area (Å²) in [5.74, 6) is -0.177. The Kier molecular flexibility index (Phi) is 4.71. The van der Waals surface area contributed by atoms with E-state index in [1.807, 2.05) is 49.4 Å². The smallest absolute Gasteiger partial charge is 0.255 e. The summed E-state index contributed by atoms with van der Waals surface area (Å²) in [5.41, 5.74) is 1.69. The van der Waals surface area contributed by atoms with E-state index in [4.69, 9.17) is 0 Å². The molecule has 3 aromatic rings. The molecule has 0 spiro atoms. The summed E-state index contributed by atoms with van der Waals surface area (Å²) in [4.78, 5) is 25.0. The third-order valence-corrected chi connectivity index (χ3v) is 3.86. The summed E-state index contributed by atoms with van der Waals surface area (Å²) in [6, 6.07) is 21.3. The molecule has 1 N–H and O–H groups in total. The van der Waals surface area contributed by atoms with Crippen molar-refractivity contribution in [2.24, 2.45) is 0 Å². The molecule has 0 aromatic heterocycles. The van der Waals surface area contributed by atoms with Crippen molar-refractivity contribution in [3.05, 3.63) is 77.9 Å². The van der Waals surface area contributed by atoms with Gasteiger partial charge >= 0.3 is 0 Å². The molecule has 24 heavy (non-hydrogen) atoms. The number of hydrogen-bond donors (Lipinski definition) is 1. The summed E-state index contributed by atoms with van der Waals surface area (Å²) >= 11 is 0. The Hall–Kier alpha value is -2.94. The van der Waals surface area contributed by atoms with Crippen molar-refractivity contribution in [2.45, 2.75) is 19.8 Å². The predicted octanol–water partition coefficient (Wildman–Crippen LogP) is 4.88. The summed E-state index contributed by atoms with van der Waals surface area (Å²) in [7, 11) is 0. The second-order valence-corrected chi connectivity index (χ2v) is 5.65. The van der Waals surface area contributed by atoms with Crippen molar-refractivity contribution in [1.29, 1.82) is 0 Å². The molecule has 3 rings (SSSR count). The average molecular weight is 316 g/mol. The SMILES string of the molecule is CCCC(=O)c1cc(C(=O)Nc2[c]cccc2)cc2ccccc12. The van der Waals surface area contributed by atoms with Gasteiger partial charge in [-0.3, -0.25) is 9.59 Å². The number of fused-ring (bicyclic) bond motifs is 1. The quantitative estimate of drug-likeness (QED) is 0.682. The van der Waals surface area contributed by atoms with Crippen LogP contribution in [0.1, 0.15) is 40.5 Å². The molecular weight excluding hydrogens is 298 g/mol. The maximum absolute atomic E-state index is 12.5. The lowest BCUT2D eigenvalue weighted by Gasteiger charge is -2.10. The van der Waals surface area contributed by atoms with Crippen molar-refractivity contribution >= 4 is 28.2 Å². The molecule has 0 bridgehead atoms. The van der Waals surface area contributed by atoms with Gasteiger partial charge in [0.2, 0.25) is 0 Å². The van der Waals surface area contributed by atoms with Crippen LogP contribution in [0.5, 0.6) is 0 Å². The number of rotatable bonds is 5. The molecule has 0 aliphatic carbocycles. The van der Waals surface area contributed by atoms with Gasteiger partial charge in [0.05, 0.1) is 0 Å². The highest BCUT2D eigenvalue weighted by molar-refractivity contribution is 6.13. The Labute approximate surface area is 141 Å². The summed E-state index contributed by atoms with van der Waals surface area (Å²) in [6.07, 6.45) is 1.25. The highest BCUT2D eigenvalue weighted by atomic mass is 16.1. The van der Waals surface area contributed by atoms with E-state index in [0.29, 0.717) is 23.2 Å². The fourth-order valence-corrected chi connectivity index (χ4v) is 2.70. The van der Waals surface area contributed by atoms with Gasteiger partial charge < -0.3 is 5.32 Å². The van der Waals surface area contributed by atoms with E-state index >= 15 is 0 Å². The number of ketones is 1. The average Bonchev–Trinajstić information content (AvgIpc) is 2.61. The van der Waals surface area contributed by atoms with E-state index in [9.17, 15) is 9.59 Å². The lowest BCUT2D eigenvalue weighted by Crippen LogP contribution is -2.13. The van der Waals surface area contributed by atoms with Crippen LogP contribution >= 0.6 is 0 Å². The van der Waals surface area contributed by atoms with Crippen LogP contribution in [0, 0.1) is 6.07 Å². The predicted molar refractivity (Wildman–Crippen MR) is 96.4 cm³/mol. The van der Waals surface area contributed by atoms with Crippen LogP contribution in [0.25, 0.3) is 10.8 Å². The van der Waals surface area contributed by atoms with Crippen molar-refractivity contribution in [2.75, 3.05) is 5.32 Å². The topological polar surface area (TPSA) is 46.2 Å². The molecule has 3 heteroatoms. The molecule has 3 aromatic carbocycles. The van der Waals surface area contributed by atoms with E-state index < -0.39 is 0 Å². The molecule has 0 heterocycles. The molecule has 0 aliphatic heterocycles. The number of benzene rings is 3. The first-order valence-electron chi connectivity index (χ1n) is 8.03. The molecule has 3 nitrogen and oxygen atoms in total. The fourth-order valence-electron chi connectivity index (χ4n) is 2.70. The van der Waals surface area contributed by atoms with Crippen LogP contribution in [-0.4, -0.2) is 11.7 Å². The number of carbonyl (C=O) groups excluding carboxylic acids is 2. The molecule has 0 atom stereocenters. The Morgan fingerprint density at radius 1 is 1.04 bits per heavy atom. The summed E-state index contributed by atoms with van der Waals surface area (Å²) in [5, 5.41) is 4.59. The number of anilines is 1. The van der Waals surface area contributed by atoms with E-state index in [0.717, 1.165) is 17.2 Å². The fraction of sp³-hybridized carbons (Fsp3) is 0.143. The molecule has 0 unspecified atom stereocenters. The number of amides is 1. The van der Waals surface area contributed by atoms with Gasteiger partial charge in [0.15, 0.2) is 5.78 Å². The van der Waals surface area contributed by atoms with Gasteiger partial charge in [-0.25, -0.2) is 0 Å². The number of para-hydroxylation sites is 1. The lowest BCUT2D eigenvalue weighted by molar-refractivity contribution is 0.0983. The molecule has 0 saturated carbocycles. The van der Waals surface area contributed by atoms with Crippen LogP contribution in [0.3, 0.4) is 0 Å². The maximum Gasteiger partial charge on any atom is 0.255 e. The van der Waals surface area contributed by atoms with E-state index in [-0.39, 0.29) is 11.7 Å². The van der Waals surface area contributed by atoms with Gasteiger partial charge in [-0.2, -0.15) is 0 Å². The Balaban J connectivity index is 2.02.